The van der Waals surface area contributed by atoms with Gasteiger partial charge in [-0.2, -0.15) is 0 Å². The molecular weight excluding hydrogens is 302 g/mol. The number of aromatic nitrogens is 2. The number of carbonyl (C=O) groups is 2. The van der Waals surface area contributed by atoms with Crippen molar-refractivity contribution in [1.82, 2.24) is 14.5 Å². The molecule has 0 saturated carbocycles. The fraction of sp³-hybridized carbons (Fsp3) is 0.333. The highest BCUT2D eigenvalue weighted by Gasteiger charge is 2.18. The van der Waals surface area contributed by atoms with Crippen LogP contribution < -0.4 is 5.56 Å². The maximum Gasteiger partial charge on any atom is 0.323 e. The largest absolute Gasteiger partial charge is 0.480 e. The maximum atomic E-state index is 12.3. The third-order valence-corrected chi connectivity index (χ3v) is 3.28. The van der Waals surface area contributed by atoms with E-state index in [4.69, 9.17) is 9.84 Å². The minimum absolute atomic E-state index is 0.136. The predicted molar refractivity (Wildman–Crippen MR) is 82.1 cm³/mol. The zero-order chi connectivity index (χ0) is 16.8. The number of carboxylic acid groups (broad SMARTS) is 1. The first kappa shape index (κ1) is 16.6. The van der Waals surface area contributed by atoms with Gasteiger partial charge >= 0.3 is 5.97 Å². The first-order valence-electron chi connectivity index (χ1n) is 6.95. The number of para-hydroxylation sites is 1. The monoisotopic (exact) mass is 319 g/mol. The maximum absolute atomic E-state index is 12.3. The summed E-state index contributed by atoms with van der Waals surface area (Å²) in [6, 6.07) is 6.82. The van der Waals surface area contributed by atoms with E-state index >= 15 is 0 Å². The van der Waals surface area contributed by atoms with Gasteiger partial charge in [0.15, 0.2) is 0 Å². The molecule has 1 N–H and O–H groups in total. The highest BCUT2D eigenvalue weighted by atomic mass is 16.5. The summed E-state index contributed by atoms with van der Waals surface area (Å²) >= 11 is 0. The van der Waals surface area contributed by atoms with Crippen molar-refractivity contribution in [2.24, 2.45) is 0 Å². The molecule has 2 rings (SSSR count). The van der Waals surface area contributed by atoms with E-state index in [1.807, 2.05) is 0 Å². The second kappa shape index (κ2) is 7.50. The van der Waals surface area contributed by atoms with Crippen molar-refractivity contribution in [3.05, 3.63) is 40.9 Å². The van der Waals surface area contributed by atoms with Crippen LogP contribution in [0, 0.1) is 0 Å². The summed E-state index contributed by atoms with van der Waals surface area (Å²) < 4.78 is 6.04. The SMILES string of the molecule is COCCN(CC(=O)O)C(=O)Cn1cnc2ccccc2c1=O. The molecule has 0 radical (unpaired) electrons. The lowest BCUT2D eigenvalue weighted by Gasteiger charge is -2.20. The second-order valence-electron chi connectivity index (χ2n) is 4.90. The van der Waals surface area contributed by atoms with Gasteiger partial charge in [0, 0.05) is 13.7 Å². The van der Waals surface area contributed by atoms with Crippen molar-refractivity contribution in [3.8, 4) is 0 Å². The number of amides is 1. The third-order valence-electron chi connectivity index (χ3n) is 3.28. The molecule has 8 heteroatoms. The molecule has 0 aliphatic rings. The van der Waals surface area contributed by atoms with Crippen LogP contribution in [-0.2, 0) is 20.9 Å². The van der Waals surface area contributed by atoms with Gasteiger partial charge in [-0.15, -0.1) is 0 Å². The Balaban J connectivity index is 2.22. The molecule has 1 aromatic heterocycles. The van der Waals surface area contributed by atoms with E-state index in [-0.39, 0.29) is 25.3 Å². The number of benzene rings is 1. The Morgan fingerprint density at radius 3 is 2.78 bits per heavy atom. The van der Waals surface area contributed by atoms with Gasteiger partial charge < -0.3 is 14.7 Å². The number of hydrogen-bond acceptors (Lipinski definition) is 5. The van der Waals surface area contributed by atoms with Gasteiger partial charge in [-0.25, -0.2) is 4.98 Å². The number of carbonyl (C=O) groups excluding carboxylic acids is 1. The Kier molecular flexibility index (Phi) is 5.42. The Hall–Kier alpha value is -2.74. The van der Waals surface area contributed by atoms with Crippen LogP contribution in [0.3, 0.4) is 0 Å². The molecular formula is C15H17N3O5. The average Bonchev–Trinajstić information content (AvgIpc) is 2.54. The van der Waals surface area contributed by atoms with Crippen LogP contribution in [-0.4, -0.2) is 58.2 Å². The van der Waals surface area contributed by atoms with Gasteiger partial charge in [-0.3, -0.25) is 19.0 Å². The summed E-state index contributed by atoms with van der Waals surface area (Å²) in [7, 11) is 1.46. The molecule has 2 aromatic rings. The Bertz CT molecular complexity index is 771. The van der Waals surface area contributed by atoms with Gasteiger partial charge in [0.05, 0.1) is 23.8 Å². The Morgan fingerprint density at radius 1 is 1.35 bits per heavy atom. The van der Waals surface area contributed by atoms with E-state index in [0.717, 1.165) is 4.90 Å². The molecule has 122 valence electrons. The molecule has 0 bridgehead atoms. The van der Waals surface area contributed by atoms with E-state index < -0.39 is 18.4 Å². The zero-order valence-electron chi connectivity index (χ0n) is 12.6. The molecule has 0 spiro atoms. The first-order valence-corrected chi connectivity index (χ1v) is 6.95. The first-order chi connectivity index (χ1) is 11.0. The van der Waals surface area contributed by atoms with E-state index in [1.54, 1.807) is 24.3 Å². The van der Waals surface area contributed by atoms with Gasteiger partial charge in [0.2, 0.25) is 5.91 Å². The van der Waals surface area contributed by atoms with Gasteiger partial charge in [0.1, 0.15) is 13.1 Å². The fourth-order valence-corrected chi connectivity index (χ4v) is 2.12. The van der Waals surface area contributed by atoms with Crippen LogP contribution in [0.2, 0.25) is 0 Å². The number of ether oxygens (including phenoxy) is 1. The normalized spacial score (nSPS) is 10.7. The average molecular weight is 319 g/mol. The number of aliphatic carboxylic acids is 1. The van der Waals surface area contributed by atoms with Crippen molar-refractivity contribution >= 4 is 22.8 Å². The number of hydrogen-bond donors (Lipinski definition) is 1. The number of rotatable bonds is 7. The minimum Gasteiger partial charge on any atom is -0.480 e. The molecule has 1 heterocycles. The summed E-state index contributed by atoms with van der Waals surface area (Å²) in [5.74, 6) is -1.61. The van der Waals surface area contributed by atoms with Gasteiger partial charge in [-0.05, 0) is 12.1 Å². The summed E-state index contributed by atoms with van der Waals surface area (Å²) in [6.07, 6.45) is 1.29. The lowest BCUT2D eigenvalue weighted by molar-refractivity contribution is -0.145. The summed E-state index contributed by atoms with van der Waals surface area (Å²) in [4.78, 5) is 40.7. The summed E-state index contributed by atoms with van der Waals surface area (Å²) in [5, 5.41) is 9.29. The van der Waals surface area contributed by atoms with Crippen LogP contribution >= 0.6 is 0 Å². The number of methoxy groups -OCH3 is 1. The molecule has 8 nitrogen and oxygen atoms in total. The van der Waals surface area contributed by atoms with Crippen LogP contribution in [0.25, 0.3) is 10.9 Å². The highest BCUT2D eigenvalue weighted by Crippen LogP contribution is 2.05. The Labute approximate surface area is 131 Å². The van der Waals surface area contributed by atoms with Gasteiger partial charge in [0.25, 0.3) is 5.56 Å². The quantitative estimate of drug-likeness (QED) is 0.768. The zero-order valence-corrected chi connectivity index (χ0v) is 12.6. The lowest BCUT2D eigenvalue weighted by atomic mass is 10.2. The molecule has 0 aliphatic heterocycles. The predicted octanol–water partition coefficient (Wildman–Crippen LogP) is -0.0439. The van der Waals surface area contributed by atoms with E-state index in [1.165, 1.54) is 18.0 Å². The van der Waals surface area contributed by atoms with Crippen LogP contribution in [0.15, 0.2) is 35.4 Å². The lowest BCUT2D eigenvalue weighted by Crippen LogP contribution is -2.41. The van der Waals surface area contributed by atoms with Crippen LogP contribution in [0.5, 0.6) is 0 Å². The molecule has 0 saturated heterocycles. The standard InChI is InChI=1S/C15H17N3O5/c1-23-7-6-17(9-14(20)21)13(19)8-18-10-16-12-5-3-2-4-11(12)15(18)22/h2-5,10H,6-9H2,1H3,(H,20,21). The highest BCUT2D eigenvalue weighted by molar-refractivity contribution is 5.82. The van der Waals surface area contributed by atoms with Crippen molar-refractivity contribution < 1.29 is 19.4 Å². The van der Waals surface area contributed by atoms with Crippen molar-refractivity contribution in [3.63, 3.8) is 0 Å². The molecule has 0 unspecified atom stereocenters. The Morgan fingerprint density at radius 2 is 2.09 bits per heavy atom. The molecule has 0 atom stereocenters. The molecule has 23 heavy (non-hydrogen) atoms. The smallest absolute Gasteiger partial charge is 0.323 e. The number of carboxylic acids is 1. The number of nitrogens with zero attached hydrogens (tertiary/aromatic N) is 3. The summed E-state index contributed by atoms with van der Waals surface area (Å²) in [5.41, 5.74) is 0.203. The number of fused-ring (bicyclic) bond motifs is 1. The fourth-order valence-electron chi connectivity index (χ4n) is 2.12. The minimum atomic E-state index is -1.13. The third kappa shape index (κ3) is 4.13. The summed E-state index contributed by atoms with van der Waals surface area (Å²) in [6.45, 7) is -0.368. The molecule has 1 aromatic carbocycles. The molecule has 0 fully saturated rings. The van der Waals surface area contributed by atoms with Crippen LogP contribution in [0.1, 0.15) is 0 Å². The van der Waals surface area contributed by atoms with Crippen molar-refractivity contribution in [2.75, 3.05) is 26.8 Å². The van der Waals surface area contributed by atoms with Crippen molar-refractivity contribution in [2.45, 2.75) is 6.54 Å². The van der Waals surface area contributed by atoms with E-state index in [0.29, 0.717) is 10.9 Å². The van der Waals surface area contributed by atoms with E-state index in [9.17, 15) is 14.4 Å². The van der Waals surface area contributed by atoms with Gasteiger partial charge in [-0.1, -0.05) is 12.1 Å². The topological polar surface area (TPSA) is 102 Å². The molecule has 1 amide bonds. The van der Waals surface area contributed by atoms with Crippen molar-refractivity contribution in [1.29, 1.82) is 0 Å². The second-order valence-corrected chi connectivity index (χ2v) is 4.90. The molecule has 0 aliphatic carbocycles. The van der Waals surface area contributed by atoms with Crippen LogP contribution in [0.4, 0.5) is 0 Å². The van der Waals surface area contributed by atoms with E-state index in [2.05, 4.69) is 4.98 Å².